The highest BCUT2D eigenvalue weighted by Crippen LogP contribution is 2.11. The molecule has 0 radical (unpaired) electrons. The van der Waals surface area contributed by atoms with Crippen LogP contribution in [0.25, 0.3) is 0 Å². The number of primary amides is 1. The molecule has 2 nitrogen and oxygen atoms in total. The molecule has 0 aliphatic heterocycles. The van der Waals surface area contributed by atoms with Gasteiger partial charge in [-0.15, -0.1) is 12.4 Å². The highest BCUT2D eigenvalue weighted by atomic mass is 35.5. The molecule has 0 saturated heterocycles. The van der Waals surface area contributed by atoms with Crippen molar-refractivity contribution in [3.05, 3.63) is 35.4 Å². The topological polar surface area (TPSA) is 43.1 Å². The minimum absolute atomic E-state index is 0. The summed E-state index contributed by atoms with van der Waals surface area (Å²) >= 11 is 0. The third kappa shape index (κ3) is 3.38. The van der Waals surface area contributed by atoms with Crippen molar-refractivity contribution in [3.63, 3.8) is 0 Å². The van der Waals surface area contributed by atoms with Crippen LogP contribution in [0.1, 0.15) is 35.7 Å². The van der Waals surface area contributed by atoms with Crippen LogP contribution in [0, 0.1) is 0 Å². The van der Waals surface area contributed by atoms with Gasteiger partial charge in [-0.05, 0) is 24.5 Å². The lowest BCUT2D eigenvalue weighted by molar-refractivity contribution is 0.0999. The molecule has 0 bridgehead atoms. The average molecular weight is 214 g/mol. The van der Waals surface area contributed by atoms with Crippen LogP contribution in [0.2, 0.25) is 0 Å². The van der Waals surface area contributed by atoms with Crippen LogP contribution < -0.4 is 5.73 Å². The smallest absolute Gasteiger partial charge is 0.248 e. The van der Waals surface area contributed by atoms with Crippen LogP contribution >= 0.6 is 12.4 Å². The summed E-state index contributed by atoms with van der Waals surface area (Å²) in [5.74, 6) is -0.327. The van der Waals surface area contributed by atoms with Crippen molar-refractivity contribution in [1.82, 2.24) is 0 Å². The maximum absolute atomic E-state index is 11.0. The molecular formula is C11H16ClNO. The number of hydrogen-bond donors (Lipinski definition) is 1. The van der Waals surface area contributed by atoms with Gasteiger partial charge in [0.25, 0.3) is 0 Å². The fraction of sp³-hybridized carbons (Fsp3) is 0.364. The Hall–Kier alpha value is -1.02. The molecular weight excluding hydrogens is 198 g/mol. The van der Waals surface area contributed by atoms with E-state index in [1.807, 2.05) is 18.2 Å². The van der Waals surface area contributed by atoms with Gasteiger partial charge in [-0.25, -0.2) is 0 Å². The zero-order valence-electron chi connectivity index (χ0n) is 8.32. The van der Waals surface area contributed by atoms with Crippen LogP contribution in [0.3, 0.4) is 0 Å². The fourth-order valence-corrected chi connectivity index (χ4v) is 1.35. The van der Waals surface area contributed by atoms with Gasteiger partial charge < -0.3 is 5.73 Å². The average Bonchev–Trinajstić information content (AvgIpc) is 2.15. The van der Waals surface area contributed by atoms with Crippen molar-refractivity contribution in [3.8, 4) is 0 Å². The molecule has 0 aliphatic carbocycles. The van der Waals surface area contributed by atoms with Gasteiger partial charge in [0.2, 0.25) is 5.91 Å². The number of hydrogen-bond acceptors (Lipinski definition) is 1. The summed E-state index contributed by atoms with van der Waals surface area (Å²) in [6.45, 7) is 2.13. The molecule has 1 aromatic rings. The third-order valence-corrected chi connectivity index (χ3v) is 2.08. The van der Waals surface area contributed by atoms with Crippen LogP contribution in [-0.4, -0.2) is 5.91 Å². The van der Waals surface area contributed by atoms with E-state index in [2.05, 4.69) is 6.92 Å². The molecule has 3 heteroatoms. The number of unbranched alkanes of at least 4 members (excludes halogenated alkanes) is 1. The molecule has 1 rings (SSSR count). The van der Waals surface area contributed by atoms with E-state index in [1.54, 1.807) is 6.07 Å². The Morgan fingerprint density at radius 2 is 2.00 bits per heavy atom. The van der Waals surface area contributed by atoms with Crippen molar-refractivity contribution in [2.75, 3.05) is 0 Å². The summed E-state index contributed by atoms with van der Waals surface area (Å²) in [5.41, 5.74) is 6.98. The van der Waals surface area contributed by atoms with E-state index in [-0.39, 0.29) is 18.3 Å². The number of carbonyl (C=O) groups excluding carboxylic acids is 1. The molecule has 14 heavy (non-hydrogen) atoms. The van der Waals surface area contributed by atoms with Crippen molar-refractivity contribution in [2.45, 2.75) is 26.2 Å². The molecule has 1 aromatic carbocycles. The Balaban J connectivity index is 0.00000169. The molecule has 2 N–H and O–H groups in total. The first-order valence-electron chi connectivity index (χ1n) is 4.63. The number of rotatable bonds is 4. The monoisotopic (exact) mass is 213 g/mol. The number of halogens is 1. The summed E-state index contributed by atoms with van der Waals surface area (Å²) in [6.07, 6.45) is 3.17. The second kappa shape index (κ2) is 6.44. The lowest BCUT2D eigenvalue weighted by Gasteiger charge is -2.04. The van der Waals surface area contributed by atoms with Crippen LogP contribution in [0.5, 0.6) is 0 Å². The first kappa shape index (κ1) is 13.0. The Morgan fingerprint density at radius 3 is 2.57 bits per heavy atom. The molecule has 0 aliphatic rings. The number of nitrogens with two attached hydrogens (primary N) is 1. The third-order valence-electron chi connectivity index (χ3n) is 2.08. The van der Waals surface area contributed by atoms with Gasteiger partial charge in [-0.3, -0.25) is 4.79 Å². The number of aryl methyl sites for hydroxylation is 1. The van der Waals surface area contributed by atoms with Crippen LogP contribution in [0.15, 0.2) is 24.3 Å². The van der Waals surface area contributed by atoms with Gasteiger partial charge in [-0.1, -0.05) is 31.5 Å². The van der Waals surface area contributed by atoms with Gasteiger partial charge in [-0.2, -0.15) is 0 Å². The number of carbonyl (C=O) groups is 1. The molecule has 1 amide bonds. The standard InChI is InChI=1S/C11H15NO.ClH/c1-2-3-6-9-7-4-5-8-10(9)11(12)13;/h4-5,7-8H,2-3,6H2,1H3,(H2,12,13);1H. The second-order valence-electron chi connectivity index (χ2n) is 3.12. The van der Waals surface area contributed by atoms with E-state index in [1.165, 1.54) is 0 Å². The maximum atomic E-state index is 11.0. The summed E-state index contributed by atoms with van der Waals surface area (Å²) in [5, 5.41) is 0. The SMILES string of the molecule is CCCCc1ccccc1C(N)=O.Cl. The molecule has 78 valence electrons. The van der Waals surface area contributed by atoms with Crippen molar-refractivity contribution in [2.24, 2.45) is 5.73 Å². The summed E-state index contributed by atoms with van der Waals surface area (Å²) < 4.78 is 0. The van der Waals surface area contributed by atoms with E-state index >= 15 is 0 Å². The predicted molar refractivity (Wildman–Crippen MR) is 60.8 cm³/mol. The van der Waals surface area contributed by atoms with Gasteiger partial charge in [0, 0.05) is 5.56 Å². The zero-order chi connectivity index (χ0) is 9.68. The van der Waals surface area contributed by atoms with E-state index < -0.39 is 0 Å². The fourth-order valence-electron chi connectivity index (χ4n) is 1.35. The van der Waals surface area contributed by atoms with Crippen molar-refractivity contribution in [1.29, 1.82) is 0 Å². The number of amides is 1. The summed E-state index contributed by atoms with van der Waals surface area (Å²) in [4.78, 5) is 11.0. The van der Waals surface area contributed by atoms with Gasteiger partial charge in [0.1, 0.15) is 0 Å². The molecule has 0 heterocycles. The van der Waals surface area contributed by atoms with Crippen LogP contribution in [0.4, 0.5) is 0 Å². The predicted octanol–water partition coefficient (Wildman–Crippen LogP) is 2.55. The second-order valence-corrected chi connectivity index (χ2v) is 3.12. The summed E-state index contributed by atoms with van der Waals surface area (Å²) in [6, 6.07) is 7.54. The van der Waals surface area contributed by atoms with E-state index in [0.717, 1.165) is 24.8 Å². The molecule has 0 saturated carbocycles. The normalized spacial score (nSPS) is 9.21. The van der Waals surface area contributed by atoms with Crippen molar-refractivity contribution < 1.29 is 4.79 Å². The highest BCUT2D eigenvalue weighted by molar-refractivity contribution is 5.94. The number of benzene rings is 1. The van der Waals surface area contributed by atoms with E-state index in [9.17, 15) is 4.79 Å². The Morgan fingerprint density at radius 1 is 1.36 bits per heavy atom. The molecule has 0 spiro atoms. The quantitative estimate of drug-likeness (QED) is 0.821. The Labute approximate surface area is 90.9 Å². The largest absolute Gasteiger partial charge is 0.366 e. The maximum Gasteiger partial charge on any atom is 0.248 e. The molecule has 0 atom stereocenters. The lowest BCUT2D eigenvalue weighted by Crippen LogP contribution is -2.13. The summed E-state index contributed by atoms with van der Waals surface area (Å²) in [7, 11) is 0. The first-order chi connectivity index (χ1) is 6.25. The first-order valence-corrected chi connectivity index (χ1v) is 4.63. The molecule has 0 unspecified atom stereocenters. The highest BCUT2D eigenvalue weighted by Gasteiger charge is 2.05. The van der Waals surface area contributed by atoms with E-state index in [4.69, 9.17) is 5.73 Å². The molecule has 0 aromatic heterocycles. The minimum Gasteiger partial charge on any atom is -0.366 e. The minimum atomic E-state index is -0.327. The van der Waals surface area contributed by atoms with Gasteiger partial charge in [0.15, 0.2) is 0 Å². The van der Waals surface area contributed by atoms with Crippen LogP contribution in [-0.2, 0) is 6.42 Å². The van der Waals surface area contributed by atoms with Gasteiger partial charge in [0.05, 0.1) is 0 Å². The van der Waals surface area contributed by atoms with Gasteiger partial charge >= 0.3 is 0 Å². The zero-order valence-corrected chi connectivity index (χ0v) is 9.14. The lowest BCUT2D eigenvalue weighted by atomic mass is 10.0. The molecule has 0 fully saturated rings. The van der Waals surface area contributed by atoms with Crippen molar-refractivity contribution >= 4 is 18.3 Å². The Bertz CT molecular complexity index is 299. The Kier molecular flexibility index (Phi) is 5.97. The van der Waals surface area contributed by atoms with E-state index in [0.29, 0.717) is 5.56 Å².